The fourth-order valence-corrected chi connectivity index (χ4v) is 4.52. The van der Waals surface area contributed by atoms with Crippen LogP contribution in [-0.2, 0) is 13.1 Å². The van der Waals surface area contributed by atoms with Gasteiger partial charge in [0.1, 0.15) is 0 Å². The molecule has 0 aliphatic carbocycles. The molecule has 4 rings (SSSR count). The van der Waals surface area contributed by atoms with Gasteiger partial charge in [0.2, 0.25) is 0 Å². The monoisotopic (exact) mass is 406 g/mol. The zero-order valence-corrected chi connectivity index (χ0v) is 18.8. The van der Waals surface area contributed by atoms with Crippen molar-refractivity contribution in [2.45, 2.75) is 58.2 Å². The van der Waals surface area contributed by atoms with Crippen LogP contribution < -0.4 is 20.4 Å². The van der Waals surface area contributed by atoms with Gasteiger partial charge in [0.05, 0.1) is 0 Å². The summed E-state index contributed by atoms with van der Waals surface area (Å²) in [6.07, 6.45) is 5.31. The highest BCUT2D eigenvalue weighted by atomic mass is 15.1. The highest BCUT2D eigenvalue weighted by molar-refractivity contribution is 5.49. The predicted octanol–water partition coefficient (Wildman–Crippen LogP) is 4.55. The Morgan fingerprint density at radius 3 is 1.57 bits per heavy atom. The summed E-state index contributed by atoms with van der Waals surface area (Å²) in [5.41, 5.74) is 5.49. The van der Waals surface area contributed by atoms with Gasteiger partial charge in [-0.25, -0.2) is 0 Å². The highest BCUT2D eigenvalue weighted by Gasteiger charge is 2.17. The maximum absolute atomic E-state index is 3.71. The molecule has 0 bridgehead atoms. The van der Waals surface area contributed by atoms with Gasteiger partial charge in [-0.2, -0.15) is 0 Å². The lowest BCUT2D eigenvalue weighted by atomic mass is 10.0. The van der Waals surface area contributed by atoms with Crippen molar-refractivity contribution in [2.24, 2.45) is 0 Å². The number of nitrogens with zero attached hydrogens (tertiary/aromatic N) is 2. The Bertz CT molecular complexity index is 770. The molecule has 2 fully saturated rings. The lowest BCUT2D eigenvalue weighted by Gasteiger charge is -2.27. The van der Waals surface area contributed by atoms with E-state index in [1.54, 1.807) is 0 Å². The van der Waals surface area contributed by atoms with E-state index in [-0.39, 0.29) is 5.54 Å². The first-order valence-corrected chi connectivity index (χ1v) is 11.7. The predicted molar refractivity (Wildman–Crippen MR) is 128 cm³/mol. The first-order chi connectivity index (χ1) is 14.6. The molecule has 0 radical (unpaired) electrons. The molecular weight excluding hydrogens is 368 g/mol. The fourth-order valence-electron chi connectivity index (χ4n) is 4.52. The molecule has 2 aliphatic rings. The molecule has 0 unspecified atom stereocenters. The number of nitrogens with one attached hydrogen (secondary N) is 2. The summed E-state index contributed by atoms with van der Waals surface area (Å²) in [4.78, 5) is 4.98. The van der Waals surface area contributed by atoms with Crippen LogP contribution in [0.1, 0.15) is 50.7 Å². The van der Waals surface area contributed by atoms with E-state index in [1.807, 2.05) is 0 Å². The average molecular weight is 407 g/mol. The smallest absolute Gasteiger partial charge is 0.0366 e. The third kappa shape index (κ3) is 5.77. The maximum Gasteiger partial charge on any atom is 0.0366 e. The van der Waals surface area contributed by atoms with Crippen molar-refractivity contribution in [3.05, 3.63) is 59.7 Å². The molecule has 0 atom stereocenters. The molecule has 30 heavy (non-hydrogen) atoms. The van der Waals surface area contributed by atoms with Crippen molar-refractivity contribution in [1.29, 1.82) is 0 Å². The number of anilines is 2. The van der Waals surface area contributed by atoms with E-state index in [0.717, 1.165) is 19.6 Å². The lowest BCUT2D eigenvalue weighted by molar-refractivity contribution is 0.362. The molecule has 0 amide bonds. The summed E-state index contributed by atoms with van der Waals surface area (Å²) >= 11 is 0. The molecule has 2 aliphatic heterocycles. The van der Waals surface area contributed by atoms with E-state index >= 15 is 0 Å². The normalized spacial score (nSPS) is 17.1. The number of benzene rings is 2. The standard InChI is InChI=1S/C26H38N4/c1-26(2,28-20-23-9-13-25(14-10-23)30-17-5-6-18-30)21-27-19-22-7-11-24(12-8-22)29-15-3-4-16-29/h7-14,27-28H,3-6,15-21H2,1-2H3. The van der Waals surface area contributed by atoms with Crippen LogP contribution in [0.15, 0.2) is 48.5 Å². The summed E-state index contributed by atoms with van der Waals surface area (Å²) in [5, 5.41) is 7.34. The van der Waals surface area contributed by atoms with Crippen molar-refractivity contribution in [2.75, 3.05) is 42.5 Å². The highest BCUT2D eigenvalue weighted by Crippen LogP contribution is 2.21. The topological polar surface area (TPSA) is 30.5 Å². The Kier molecular flexibility index (Phi) is 6.96. The minimum Gasteiger partial charge on any atom is -0.372 e. The van der Waals surface area contributed by atoms with Gasteiger partial charge in [0.25, 0.3) is 0 Å². The Labute approximate surface area is 182 Å². The quantitative estimate of drug-likeness (QED) is 0.640. The Hall–Kier alpha value is -2.04. The van der Waals surface area contributed by atoms with Gasteiger partial charge >= 0.3 is 0 Å². The Balaban J connectivity index is 1.19. The zero-order valence-electron chi connectivity index (χ0n) is 18.8. The minimum atomic E-state index is 0.0448. The summed E-state index contributed by atoms with van der Waals surface area (Å²) in [6, 6.07) is 18.2. The molecule has 0 saturated carbocycles. The van der Waals surface area contributed by atoms with Crippen LogP contribution in [0, 0.1) is 0 Å². The van der Waals surface area contributed by atoms with E-state index in [0.29, 0.717) is 0 Å². The second kappa shape index (κ2) is 9.84. The van der Waals surface area contributed by atoms with E-state index in [4.69, 9.17) is 0 Å². The van der Waals surface area contributed by atoms with E-state index < -0.39 is 0 Å². The molecule has 2 aromatic rings. The van der Waals surface area contributed by atoms with Crippen molar-refractivity contribution in [3.63, 3.8) is 0 Å². The van der Waals surface area contributed by atoms with Gasteiger partial charge in [-0.3, -0.25) is 0 Å². The molecule has 2 saturated heterocycles. The second-order valence-electron chi connectivity index (χ2n) is 9.56. The third-order valence-corrected chi connectivity index (χ3v) is 6.48. The Morgan fingerprint density at radius 2 is 1.10 bits per heavy atom. The molecule has 4 nitrogen and oxygen atoms in total. The van der Waals surface area contributed by atoms with Crippen LogP contribution >= 0.6 is 0 Å². The van der Waals surface area contributed by atoms with E-state index in [1.165, 1.54) is 74.4 Å². The van der Waals surface area contributed by atoms with Crippen LogP contribution in [-0.4, -0.2) is 38.3 Å². The van der Waals surface area contributed by atoms with Gasteiger partial charge in [-0.15, -0.1) is 0 Å². The molecule has 4 heteroatoms. The molecule has 0 spiro atoms. The van der Waals surface area contributed by atoms with Crippen molar-refractivity contribution < 1.29 is 0 Å². The van der Waals surface area contributed by atoms with Crippen LogP contribution in [0.4, 0.5) is 11.4 Å². The van der Waals surface area contributed by atoms with Crippen LogP contribution in [0.3, 0.4) is 0 Å². The molecule has 2 aromatic carbocycles. The van der Waals surface area contributed by atoms with Crippen LogP contribution in [0.25, 0.3) is 0 Å². The third-order valence-electron chi connectivity index (χ3n) is 6.48. The van der Waals surface area contributed by atoms with Gasteiger partial charge in [0.15, 0.2) is 0 Å². The molecule has 2 heterocycles. The lowest BCUT2D eigenvalue weighted by Crippen LogP contribution is -2.47. The Morgan fingerprint density at radius 1 is 0.667 bits per heavy atom. The number of rotatable bonds is 9. The summed E-state index contributed by atoms with van der Waals surface area (Å²) in [5.74, 6) is 0. The summed E-state index contributed by atoms with van der Waals surface area (Å²) in [7, 11) is 0. The van der Waals surface area contributed by atoms with Gasteiger partial charge in [-0.1, -0.05) is 24.3 Å². The number of hydrogen-bond acceptors (Lipinski definition) is 4. The van der Waals surface area contributed by atoms with Crippen molar-refractivity contribution in [1.82, 2.24) is 10.6 Å². The molecule has 0 aromatic heterocycles. The molecular formula is C26H38N4. The number of hydrogen-bond donors (Lipinski definition) is 2. The fraction of sp³-hybridized carbons (Fsp3) is 0.538. The van der Waals surface area contributed by atoms with Crippen molar-refractivity contribution in [3.8, 4) is 0 Å². The summed E-state index contributed by atoms with van der Waals surface area (Å²) in [6.45, 7) is 12.1. The van der Waals surface area contributed by atoms with Crippen LogP contribution in [0.2, 0.25) is 0 Å². The first kappa shape index (κ1) is 21.2. The van der Waals surface area contributed by atoms with E-state index in [2.05, 4.69) is 82.8 Å². The van der Waals surface area contributed by atoms with Gasteiger partial charge < -0.3 is 20.4 Å². The first-order valence-electron chi connectivity index (χ1n) is 11.7. The van der Waals surface area contributed by atoms with E-state index in [9.17, 15) is 0 Å². The van der Waals surface area contributed by atoms with Crippen molar-refractivity contribution >= 4 is 11.4 Å². The zero-order chi connectivity index (χ0) is 20.8. The minimum absolute atomic E-state index is 0.0448. The molecule has 162 valence electrons. The molecule has 2 N–H and O–H groups in total. The largest absolute Gasteiger partial charge is 0.372 e. The second-order valence-corrected chi connectivity index (χ2v) is 9.56. The van der Waals surface area contributed by atoms with Crippen LogP contribution in [0.5, 0.6) is 0 Å². The summed E-state index contributed by atoms with van der Waals surface area (Å²) < 4.78 is 0. The maximum atomic E-state index is 3.71. The average Bonchev–Trinajstić information content (AvgIpc) is 3.48. The van der Waals surface area contributed by atoms with Gasteiger partial charge in [0, 0.05) is 62.7 Å². The van der Waals surface area contributed by atoms with Gasteiger partial charge in [-0.05, 0) is 74.9 Å². The SMILES string of the molecule is CC(C)(CNCc1ccc(N2CCCC2)cc1)NCc1ccc(N2CCCC2)cc1.